The third kappa shape index (κ3) is 3.29. The van der Waals surface area contributed by atoms with Crippen molar-refractivity contribution in [2.75, 3.05) is 0 Å². The van der Waals surface area contributed by atoms with E-state index in [0.717, 1.165) is 30.1 Å². The lowest BCUT2D eigenvalue weighted by molar-refractivity contribution is -0.150. The highest BCUT2D eigenvalue weighted by molar-refractivity contribution is 7.11. The van der Waals surface area contributed by atoms with Gasteiger partial charge in [0.15, 0.2) is 0 Å². The van der Waals surface area contributed by atoms with Crippen molar-refractivity contribution in [1.82, 2.24) is 10.3 Å². The van der Waals surface area contributed by atoms with Crippen LogP contribution >= 0.6 is 11.3 Å². The molecule has 1 aliphatic rings. The zero-order valence-electron chi connectivity index (χ0n) is 13.6. The summed E-state index contributed by atoms with van der Waals surface area (Å²) in [4.78, 5) is 17.2. The maximum Gasteiger partial charge on any atom is 0.307 e. The summed E-state index contributed by atoms with van der Waals surface area (Å²) in [7, 11) is 0. The number of carbonyl (C=O) groups is 1. The van der Waals surface area contributed by atoms with Gasteiger partial charge in [0.25, 0.3) is 0 Å². The summed E-state index contributed by atoms with van der Waals surface area (Å²) in [6, 6.07) is 0.361. The molecule has 5 heteroatoms. The van der Waals surface area contributed by atoms with Crippen LogP contribution in [0.1, 0.15) is 49.2 Å². The van der Waals surface area contributed by atoms with Crippen molar-refractivity contribution >= 4 is 17.3 Å². The van der Waals surface area contributed by atoms with E-state index in [0.29, 0.717) is 12.0 Å². The first-order valence-electron chi connectivity index (χ1n) is 7.62. The summed E-state index contributed by atoms with van der Waals surface area (Å²) in [5, 5.41) is 14.1. The molecule has 1 heterocycles. The minimum Gasteiger partial charge on any atom is -0.481 e. The van der Waals surface area contributed by atoms with Crippen molar-refractivity contribution in [3.05, 3.63) is 15.6 Å². The lowest BCUT2D eigenvalue weighted by Gasteiger charge is -2.46. The second-order valence-electron chi connectivity index (χ2n) is 6.81. The highest BCUT2D eigenvalue weighted by atomic mass is 32.1. The van der Waals surface area contributed by atoms with Crippen molar-refractivity contribution < 1.29 is 9.90 Å². The van der Waals surface area contributed by atoms with E-state index in [2.05, 4.69) is 38.0 Å². The smallest absolute Gasteiger partial charge is 0.307 e. The Bertz CT molecular complexity index is 505. The fraction of sp³-hybridized carbons (Fsp3) is 0.750. The number of carboxylic acid groups (broad SMARTS) is 1. The third-order valence-electron chi connectivity index (χ3n) is 5.33. The van der Waals surface area contributed by atoms with Crippen LogP contribution in [-0.2, 0) is 11.3 Å². The van der Waals surface area contributed by atoms with Gasteiger partial charge in [0.2, 0.25) is 0 Å². The lowest BCUT2D eigenvalue weighted by Crippen LogP contribution is -2.50. The van der Waals surface area contributed by atoms with Gasteiger partial charge in [-0.1, -0.05) is 20.8 Å². The number of aromatic nitrogens is 1. The standard InChI is InChI=1S/C16H26N2O2S/c1-9-13(7-6-12(15(19)20)16(9,4)5)17-8-14-18-10(2)11(3)21-14/h9,12-13,17H,6-8H2,1-5H3,(H,19,20). The van der Waals surface area contributed by atoms with Gasteiger partial charge in [-0.3, -0.25) is 4.79 Å². The number of hydrogen-bond donors (Lipinski definition) is 2. The van der Waals surface area contributed by atoms with E-state index in [9.17, 15) is 9.90 Å². The number of nitrogens with zero attached hydrogens (tertiary/aromatic N) is 1. The summed E-state index contributed by atoms with van der Waals surface area (Å²) in [6.45, 7) is 11.3. The Morgan fingerprint density at radius 1 is 1.43 bits per heavy atom. The minimum atomic E-state index is -0.656. The van der Waals surface area contributed by atoms with Gasteiger partial charge in [-0.05, 0) is 38.0 Å². The molecular formula is C16H26N2O2S. The molecule has 3 unspecified atom stereocenters. The second-order valence-corrected chi connectivity index (χ2v) is 8.10. The zero-order valence-corrected chi connectivity index (χ0v) is 14.4. The van der Waals surface area contributed by atoms with Gasteiger partial charge >= 0.3 is 5.97 Å². The van der Waals surface area contributed by atoms with Gasteiger partial charge in [0, 0.05) is 17.5 Å². The van der Waals surface area contributed by atoms with E-state index < -0.39 is 5.97 Å². The molecule has 1 fully saturated rings. The zero-order chi connectivity index (χ0) is 15.8. The molecular weight excluding hydrogens is 284 g/mol. The molecule has 0 amide bonds. The molecule has 0 saturated heterocycles. The lowest BCUT2D eigenvalue weighted by atomic mass is 9.61. The summed E-state index contributed by atoms with van der Waals surface area (Å²) < 4.78 is 0. The van der Waals surface area contributed by atoms with Gasteiger partial charge in [-0.2, -0.15) is 0 Å². The fourth-order valence-electron chi connectivity index (χ4n) is 3.36. The van der Waals surface area contributed by atoms with Crippen LogP contribution in [-0.4, -0.2) is 22.1 Å². The molecule has 1 saturated carbocycles. The number of hydrogen-bond acceptors (Lipinski definition) is 4. The topological polar surface area (TPSA) is 62.2 Å². The number of aliphatic carboxylic acids is 1. The van der Waals surface area contributed by atoms with Crippen LogP contribution in [0.5, 0.6) is 0 Å². The highest BCUT2D eigenvalue weighted by Gasteiger charge is 2.46. The van der Waals surface area contributed by atoms with Crippen LogP contribution in [0.25, 0.3) is 0 Å². The van der Waals surface area contributed by atoms with Gasteiger partial charge in [-0.15, -0.1) is 11.3 Å². The first-order valence-corrected chi connectivity index (χ1v) is 8.44. The van der Waals surface area contributed by atoms with Crippen LogP contribution in [0.3, 0.4) is 0 Å². The van der Waals surface area contributed by atoms with Gasteiger partial charge in [-0.25, -0.2) is 4.98 Å². The third-order valence-corrected chi connectivity index (χ3v) is 6.40. The molecule has 0 aliphatic heterocycles. The van der Waals surface area contributed by atoms with E-state index in [4.69, 9.17) is 0 Å². The fourth-order valence-corrected chi connectivity index (χ4v) is 4.24. The number of rotatable bonds is 4. The number of carboxylic acids is 1. The van der Waals surface area contributed by atoms with E-state index in [-0.39, 0.29) is 11.3 Å². The average Bonchev–Trinajstić information content (AvgIpc) is 2.70. The van der Waals surface area contributed by atoms with E-state index in [1.54, 1.807) is 11.3 Å². The summed E-state index contributed by atoms with van der Waals surface area (Å²) in [5.74, 6) is -0.569. The summed E-state index contributed by atoms with van der Waals surface area (Å²) >= 11 is 1.74. The van der Waals surface area contributed by atoms with Crippen LogP contribution in [0.4, 0.5) is 0 Å². The molecule has 3 atom stereocenters. The molecule has 4 nitrogen and oxygen atoms in total. The number of nitrogens with one attached hydrogen (secondary N) is 1. The molecule has 118 valence electrons. The Labute approximate surface area is 131 Å². The predicted molar refractivity (Wildman–Crippen MR) is 85.5 cm³/mol. The Morgan fingerprint density at radius 3 is 2.62 bits per heavy atom. The first-order chi connectivity index (χ1) is 9.73. The average molecular weight is 310 g/mol. The highest BCUT2D eigenvalue weighted by Crippen LogP contribution is 2.45. The molecule has 0 bridgehead atoms. The summed E-state index contributed by atoms with van der Waals surface area (Å²) in [6.07, 6.45) is 1.67. The Balaban J connectivity index is 2.00. The molecule has 1 aromatic heterocycles. The molecule has 2 N–H and O–H groups in total. The van der Waals surface area contributed by atoms with Crippen molar-refractivity contribution in [1.29, 1.82) is 0 Å². The van der Waals surface area contributed by atoms with Gasteiger partial charge < -0.3 is 10.4 Å². The molecule has 21 heavy (non-hydrogen) atoms. The number of thiazole rings is 1. The Morgan fingerprint density at radius 2 is 2.10 bits per heavy atom. The van der Waals surface area contributed by atoms with Crippen LogP contribution < -0.4 is 5.32 Å². The van der Waals surface area contributed by atoms with E-state index in [1.807, 2.05) is 6.92 Å². The van der Waals surface area contributed by atoms with E-state index >= 15 is 0 Å². The second kappa shape index (κ2) is 6.05. The predicted octanol–water partition coefficient (Wildman–Crippen LogP) is 3.38. The normalized spacial score (nSPS) is 28.5. The molecule has 1 aliphatic carbocycles. The Hall–Kier alpha value is -0.940. The van der Waals surface area contributed by atoms with Crippen molar-refractivity contribution in [3.63, 3.8) is 0 Å². The van der Waals surface area contributed by atoms with Gasteiger partial charge in [0.05, 0.1) is 11.6 Å². The largest absolute Gasteiger partial charge is 0.481 e. The maximum atomic E-state index is 11.4. The molecule has 0 radical (unpaired) electrons. The quantitative estimate of drug-likeness (QED) is 0.895. The van der Waals surface area contributed by atoms with Crippen molar-refractivity contribution in [2.45, 2.75) is 60.0 Å². The maximum absolute atomic E-state index is 11.4. The number of aryl methyl sites for hydroxylation is 2. The van der Waals surface area contributed by atoms with E-state index in [1.165, 1.54) is 4.88 Å². The molecule has 1 aromatic rings. The minimum absolute atomic E-state index is 0.184. The van der Waals surface area contributed by atoms with Gasteiger partial charge in [0.1, 0.15) is 5.01 Å². The Kier molecular flexibility index (Phi) is 4.73. The van der Waals surface area contributed by atoms with Crippen LogP contribution in [0.15, 0.2) is 0 Å². The van der Waals surface area contributed by atoms with Crippen LogP contribution in [0.2, 0.25) is 0 Å². The monoisotopic (exact) mass is 310 g/mol. The molecule has 0 aromatic carbocycles. The van der Waals surface area contributed by atoms with Crippen molar-refractivity contribution in [2.24, 2.45) is 17.3 Å². The first kappa shape index (κ1) is 16.4. The SMILES string of the molecule is Cc1nc(CNC2CCC(C(=O)O)C(C)(C)C2C)sc1C. The summed E-state index contributed by atoms with van der Waals surface area (Å²) in [5.41, 5.74) is 0.927. The molecule has 0 spiro atoms. The van der Waals surface area contributed by atoms with Crippen LogP contribution in [0, 0.1) is 31.1 Å². The molecule has 2 rings (SSSR count). The van der Waals surface area contributed by atoms with Crippen molar-refractivity contribution in [3.8, 4) is 0 Å².